The molecule has 0 atom stereocenters. The molecule has 19 heavy (non-hydrogen) atoms. The lowest BCUT2D eigenvalue weighted by atomic mass is 10.1. The summed E-state index contributed by atoms with van der Waals surface area (Å²) in [5.41, 5.74) is 2.63. The number of rotatable bonds is 2. The third-order valence-corrected chi connectivity index (χ3v) is 2.87. The third-order valence-electron chi connectivity index (χ3n) is 2.87. The highest BCUT2D eigenvalue weighted by Gasteiger charge is 2.19. The second kappa shape index (κ2) is 4.20. The van der Waals surface area contributed by atoms with Crippen molar-refractivity contribution in [1.82, 2.24) is 4.98 Å². The summed E-state index contributed by atoms with van der Waals surface area (Å²) >= 11 is 0. The van der Waals surface area contributed by atoms with E-state index in [2.05, 4.69) is 4.98 Å². The van der Waals surface area contributed by atoms with Gasteiger partial charge in [0.05, 0.1) is 4.92 Å². The van der Waals surface area contributed by atoms with Gasteiger partial charge in [-0.15, -0.1) is 0 Å². The largest absolute Gasteiger partial charge is 0.436 e. The van der Waals surface area contributed by atoms with Crippen molar-refractivity contribution in [1.29, 1.82) is 0 Å². The third kappa shape index (κ3) is 1.95. The van der Waals surface area contributed by atoms with E-state index in [-0.39, 0.29) is 11.6 Å². The lowest BCUT2D eigenvalue weighted by molar-refractivity contribution is -0.384. The molecule has 2 aromatic carbocycles. The lowest BCUT2D eigenvalue weighted by Crippen LogP contribution is -1.92. The Hall–Kier alpha value is -2.69. The maximum absolute atomic E-state index is 11.1. The normalized spacial score (nSPS) is 10.8. The number of nitrogens with zero attached hydrogens (tertiary/aromatic N) is 2. The smallest absolute Gasteiger partial charge is 0.282 e. The molecule has 0 saturated carbocycles. The molecule has 0 aliphatic heterocycles. The summed E-state index contributed by atoms with van der Waals surface area (Å²) in [4.78, 5) is 14.9. The van der Waals surface area contributed by atoms with Gasteiger partial charge in [-0.3, -0.25) is 10.1 Å². The summed E-state index contributed by atoms with van der Waals surface area (Å²) in [5.74, 6) is 0.275. The number of oxazole rings is 1. The van der Waals surface area contributed by atoms with Crippen LogP contribution < -0.4 is 0 Å². The molecule has 1 heterocycles. The molecule has 5 heteroatoms. The fourth-order valence-corrected chi connectivity index (χ4v) is 1.97. The molecule has 3 aromatic rings. The Kier molecular flexibility index (Phi) is 2.52. The van der Waals surface area contributed by atoms with Crippen molar-refractivity contribution in [2.75, 3.05) is 0 Å². The molecule has 0 amide bonds. The summed E-state index contributed by atoms with van der Waals surface area (Å²) in [5, 5.41) is 11.1. The van der Waals surface area contributed by atoms with Crippen molar-refractivity contribution in [3.8, 4) is 11.5 Å². The maximum atomic E-state index is 11.1. The Bertz CT molecular complexity index is 744. The van der Waals surface area contributed by atoms with Crippen molar-refractivity contribution in [3.63, 3.8) is 0 Å². The number of aryl methyl sites for hydroxylation is 1. The number of hydrogen-bond acceptors (Lipinski definition) is 4. The van der Waals surface area contributed by atoms with Gasteiger partial charge in [-0.05, 0) is 30.7 Å². The van der Waals surface area contributed by atoms with Gasteiger partial charge in [-0.2, -0.15) is 0 Å². The number of nitro benzene ring substituents is 1. The van der Waals surface area contributed by atoms with Gasteiger partial charge < -0.3 is 4.42 Å². The van der Waals surface area contributed by atoms with E-state index in [9.17, 15) is 10.1 Å². The first-order chi connectivity index (χ1) is 9.15. The molecule has 5 nitrogen and oxygen atoms in total. The van der Waals surface area contributed by atoms with E-state index >= 15 is 0 Å². The predicted molar refractivity (Wildman–Crippen MR) is 70.8 cm³/mol. The number of para-hydroxylation sites is 2. The zero-order chi connectivity index (χ0) is 13.4. The standard InChI is InChI=1S/C14H10N2O3/c1-9-6-7-12(16(17)18)10(8-9)14-15-11-4-2-3-5-13(11)19-14/h2-8H,1H3. The molecule has 0 spiro atoms. The molecule has 1 aromatic heterocycles. The summed E-state index contributed by atoms with van der Waals surface area (Å²) in [7, 11) is 0. The van der Waals surface area contributed by atoms with Crippen LogP contribution in [0.4, 0.5) is 5.69 Å². The van der Waals surface area contributed by atoms with E-state index in [1.165, 1.54) is 6.07 Å². The van der Waals surface area contributed by atoms with E-state index in [0.29, 0.717) is 16.7 Å². The van der Waals surface area contributed by atoms with Crippen molar-refractivity contribution in [2.24, 2.45) is 0 Å². The highest BCUT2D eigenvalue weighted by molar-refractivity contribution is 5.78. The van der Waals surface area contributed by atoms with Gasteiger partial charge in [-0.1, -0.05) is 18.2 Å². The summed E-state index contributed by atoms with van der Waals surface area (Å²) in [6.45, 7) is 1.87. The highest BCUT2D eigenvalue weighted by Crippen LogP contribution is 2.32. The van der Waals surface area contributed by atoms with Gasteiger partial charge >= 0.3 is 0 Å². The average Bonchev–Trinajstić information content (AvgIpc) is 2.81. The molecule has 0 N–H and O–H groups in total. The highest BCUT2D eigenvalue weighted by atomic mass is 16.6. The summed E-state index contributed by atoms with van der Waals surface area (Å²) in [6, 6.07) is 12.2. The molecule has 0 fully saturated rings. The Morgan fingerprint density at radius 3 is 2.74 bits per heavy atom. The minimum atomic E-state index is -0.427. The van der Waals surface area contributed by atoms with Crippen molar-refractivity contribution in [3.05, 3.63) is 58.1 Å². The molecule has 0 radical (unpaired) electrons. The van der Waals surface area contributed by atoms with Crippen LogP contribution in [-0.2, 0) is 0 Å². The molecule has 0 bridgehead atoms. The molecular weight excluding hydrogens is 244 g/mol. The minimum Gasteiger partial charge on any atom is -0.436 e. The van der Waals surface area contributed by atoms with Crippen molar-refractivity contribution < 1.29 is 9.34 Å². The van der Waals surface area contributed by atoms with E-state index in [0.717, 1.165) is 5.56 Å². The minimum absolute atomic E-state index is 0.00263. The monoisotopic (exact) mass is 254 g/mol. The topological polar surface area (TPSA) is 69.2 Å². The molecule has 0 saturated heterocycles. The van der Waals surface area contributed by atoms with Gasteiger partial charge in [0.2, 0.25) is 5.89 Å². The van der Waals surface area contributed by atoms with Gasteiger partial charge in [0.1, 0.15) is 11.1 Å². The number of fused-ring (bicyclic) bond motifs is 1. The van der Waals surface area contributed by atoms with Gasteiger partial charge in [-0.25, -0.2) is 4.98 Å². The predicted octanol–water partition coefficient (Wildman–Crippen LogP) is 3.71. The van der Waals surface area contributed by atoms with Crippen LogP contribution in [0.5, 0.6) is 0 Å². The van der Waals surface area contributed by atoms with E-state index in [4.69, 9.17) is 4.42 Å². The molecular formula is C14H10N2O3. The van der Waals surface area contributed by atoms with E-state index in [1.54, 1.807) is 18.2 Å². The quantitative estimate of drug-likeness (QED) is 0.516. The Morgan fingerprint density at radius 2 is 2.00 bits per heavy atom. The first kappa shape index (κ1) is 11.4. The first-order valence-electron chi connectivity index (χ1n) is 5.76. The molecule has 0 aliphatic carbocycles. The van der Waals surface area contributed by atoms with Crippen LogP contribution in [0.3, 0.4) is 0 Å². The lowest BCUT2D eigenvalue weighted by Gasteiger charge is -1.99. The molecule has 3 rings (SSSR count). The molecule has 0 unspecified atom stereocenters. The Balaban J connectivity index is 2.25. The molecule has 0 aliphatic rings. The average molecular weight is 254 g/mol. The first-order valence-corrected chi connectivity index (χ1v) is 5.76. The number of aromatic nitrogens is 1. The second-order valence-corrected chi connectivity index (χ2v) is 4.26. The van der Waals surface area contributed by atoms with Gasteiger partial charge in [0, 0.05) is 6.07 Å². The van der Waals surface area contributed by atoms with Crippen LogP contribution in [0, 0.1) is 17.0 Å². The number of nitro groups is 1. The van der Waals surface area contributed by atoms with Crippen molar-refractivity contribution >= 4 is 16.8 Å². The number of hydrogen-bond donors (Lipinski definition) is 0. The fourth-order valence-electron chi connectivity index (χ4n) is 1.97. The van der Waals surface area contributed by atoms with Crippen LogP contribution >= 0.6 is 0 Å². The van der Waals surface area contributed by atoms with Crippen LogP contribution in [0.2, 0.25) is 0 Å². The van der Waals surface area contributed by atoms with Crippen molar-refractivity contribution in [2.45, 2.75) is 6.92 Å². The van der Waals surface area contributed by atoms with E-state index < -0.39 is 4.92 Å². The van der Waals surface area contributed by atoms with Gasteiger partial charge in [0.25, 0.3) is 5.69 Å². The Morgan fingerprint density at radius 1 is 1.21 bits per heavy atom. The zero-order valence-corrected chi connectivity index (χ0v) is 10.2. The Labute approximate surface area is 108 Å². The summed E-state index contributed by atoms with van der Waals surface area (Å²) in [6.07, 6.45) is 0. The second-order valence-electron chi connectivity index (χ2n) is 4.26. The SMILES string of the molecule is Cc1ccc([N+](=O)[O-])c(-c2nc3ccccc3o2)c1. The number of benzene rings is 2. The zero-order valence-electron chi connectivity index (χ0n) is 10.2. The van der Waals surface area contributed by atoms with E-state index in [1.807, 2.05) is 25.1 Å². The molecule has 94 valence electrons. The fraction of sp³-hybridized carbons (Fsp3) is 0.0714. The van der Waals surface area contributed by atoms with Crippen LogP contribution in [0.25, 0.3) is 22.6 Å². The van der Waals surface area contributed by atoms with Gasteiger partial charge in [0.15, 0.2) is 5.58 Å². The van der Waals surface area contributed by atoms with Crippen LogP contribution in [-0.4, -0.2) is 9.91 Å². The summed E-state index contributed by atoms with van der Waals surface area (Å²) < 4.78 is 5.58. The van der Waals surface area contributed by atoms with Crippen LogP contribution in [0.1, 0.15) is 5.56 Å². The maximum Gasteiger partial charge on any atom is 0.282 e. The van der Waals surface area contributed by atoms with Crippen LogP contribution in [0.15, 0.2) is 46.9 Å².